The summed E-state index contributed by atoms with van der Waals surface area (Å²) in [6, 6.07) is 0. The number of unbranched alkanes of at least 4 members (excludes halogenated alkanes) is 18. The first-order valence-corrected chi connectivity index (χ1v) is 25.0. The van der Waals surface area contributed by atoms with Crippen molar-refractivity contribution in [2.24, 2.45) is 0 Å². The fourth-order valence-corrected chi connectivity index (χ4v) is 6.90. The summed E-state index contributed by atoms with van der Waals surface area (Å²) in [5.41, 5.74) is 0. The average molecular weight is 851 g/mol. The number of hydrogen-bond donors (Lipinski definition) is 1. The first kappa shape index (κ1) is 56.7. The van der Waals surface area contributed by atoms with Crippen molar-refractivity contribution in [1.82, 2.24) is 0 Å². The molecule has 2 atom stereocenters. The topological polar surface area (TPSA) is 108 Å². The molecule has 59 heavy (non-hydrogen) atoms. The lowest BCUT2D eigenvalue weighted by Gasteiger charge is -2.24. The van der Waals surface area contributed by atoms with Crippen LogP contribution in [0, 0.1) is 0 Å². The number of phosphoric acid groups is 1. The number of nitrogens with zero attached hydrogens (tertiary/aromatic N) is 1. The van der Waals surface area contributed by atoms with E-state index in [2.05, 4.69) is 74.6 Å². The number of carbonyl (C=O) groups is 2. The van der Waals surface area contributed by atoms with E-state index >= 15 is 0 Å². The van der Waals surface area contributed by atoms with Crippen LogP contribution in [0.3, 0.4) is 0 Å². The van der Waals surface area contributed by atoms with Gasteiger partial charge in [-0.15, -0.1) is 0 Å². The van der Waals surface area contributed by atoms with Crippen molar-refractivity contribution in [1.29, 1.82) is 0 Å². The zero-order chi connectivity index (χ0) is 43.6. The molecule has 0 aliphatic carbocycles. The second kappa shape index (κ2) is 41.1. The smallest absolute Gasteiger partial charge is 0.462 e. The van der Waals surface area contributed by atoms with Crippen LogP contribution in [0.2, 0.25) is 0 Å². The molecule has 0 aliphatic heterocycles. The lowest BCUT2D eigenvalue weighted by atomic mass is 10.0. The SMILES string of the molecule is CC/C=C/C/C=C/C/C=C/C/C=C/C/C=C/CCCCCC(=O)O[C@H](COC(=O)CCCCCCCCCCCCCCCCCC)COP(=O)(O)OCC[N+](C)(C)C. The minimum absolute atomic E-state index is 0.0235. The molecule has 1 N–H and O–H groups in total. The molecule has 0 heterocycles. The van der Waals surface area contributed by atoms with Crippen LogP contribution >= 0.6 is 7.82 Å². The Balaban J connectivity index is 4.39. The van der Waals surface area contributed by atoms with E-state index in [0.29, 0.717) is 17.4 Å². The number of allylic oxidation sites excluding steroid dienone is 10. The Morgan fingerprint density at radius 2 is 0.966 bits per heavy atom. The third-order valence-corrected chi connectivity index (χ3v) is 10.8. The van der Waals surface area contributed by atoms with E-state index in [9.17, 15) is 19.0 Å². The monoisotopic (exact) mass is 851 g/mol. The van der Waals surface area contributed by atoms with Crippen LogP contribution in [0.1, 0.15) is 187 Å². The van der Waals surface area contributed by atoms with Gasteiger partial charge in [-0.2, -0.15) is 0 Å². The largest absolute Gasteiger partial charge is 0.472 e. The van der Waals surface area contributed by atoms with Crippen molar-refractivity contribution in [3.8, 4) is 0 Å². The molecular formula is C49H89NO8P+. The molecule has 0 saturated carbocycles. The number of quaternary nitrogens is 1. The number of ether oxygens (including phenoxy) is 2. The van der Waals surface area contributed by atoms with Crippen molar-refractivity contribution >= 4 is 19.8 Å². The molecule has 0 saturated heterocycles. The summed E-state index contributed by atoms with van der Waals surface area (Å²) < 4.78 is 34.3. The molecule has 10 heteroatoms. The maximum absolute atomic E-state index is 12.7. The number of rotatable bonds is 42. The molecule has 0 bridgehead atoms. The highest BCUT2D eigenvalue weighted by Gasteiger charge is 2.27. The van der Waals surface area contributed by atoms with E-state index in [1.807, 2.05) is 21.1 Å². The summed E-state index contributed by atoms with van der Waals surface area (Å²) in [6.45, 7) is 4.28. The van der Waals surface area contributed by atoms with Gasteiger partial charge in [0, 0.05) is 12.8 Å². The molecule has 0 aliphatic rings. The summed E-state index contributed by atoms with van der Waals surface area (Å²) in [4.78, 5) is 35.4. The van der Waals surface area contributed by atoms with E-state index < -0.39 is 26.5 Å². The van der Waals surface area contributed by atoms with Crippen LogP contribution in [0.4, 0.5) is 0 Å². The van der Waals surface area contributed by atoms with Gasteiger partial charge in [0.1, 0.15) is 19.8 Å². The van der Waals surface area contributed by atoms with Crippen LogP contribution in [0.15, 0.2) is 60.8 Å². The Bertz CT molecular complexity index is 1190. The van der Waals surface area contributed by atoms with E-state index in [-0.39, 0.29) is 32.0 Å². The molecule has 0 aromatic rings. The fourth-order valence-electron chi connectivity index (χ4n) is 6.16. The van der Waals surface area contributed by atoms with Crippen molar-refractivity contribution in [3.05, 3.63) is 60.8 Å². The Labute approximate surface area is 362 Å². The van der Waals surface area contributed by atoms with Gasteiger partial charge in [-0.25, -0.2) is 4.57 Å². The van der Waals surface area contributed by atoms with Crippen molar-refractivity contribution in [3.63, 3.8) is 0 Å². The summed E-state index contributed by atoms with van der Waals surface area (Å²) in [5.74, 6) is -0.834. The summed E-state index contributed by atoms with van der Waals surface area (Å²) in [6.07, 6.45) is 49.8. The first-order chi connectivity index (χ1) is 28.5. The maximum atomic E-state index is 12.7. The van der Waals surface area contributed by atoms with Gasteiger partial charge in [0.25, 0.3) is 0 Å². The van der Waals surface area contributed by atoms with Gasteiger partial charge in [0.05, 0.1) is 27.7 Å². The lowest BCUT2D eigenvalue weighted by molar-refractivity contribution is -0.870. The fraction of sp³-hybridized carbons (Fsp3) is 0.755. The van der Waals surface area contributed by atoms with Crippen molar-refractivity contribution < 1.29 is 42.1 Å². The van der Waals surface area contributed by atoms with Crippen LogP contribution in [0.5, 0.6) is 0 Å². The highest BCUT2D eigenvalue weighted by Crippen LogP contribution is 2.43. The van der Waals surface area contributed by atoms with Gasteiger partial charge >= 0.3 is 19.8 Å². The lowest BCUT2D eigenvalue weighted by Crippen LogP contribution is -2.37. The van der Waals surface area contributed by atoms with Gasteiger partial charge in [0.2, 0.25) is 0 Å². The first-order valence-electron chi connectivity index (χ1n) is 23.5. The summed E-state index contributed by atoms with van der Waals surface area (Å²) in [7, 11) is 1.45. The molecule has 342 valence electrons. The van der Waals surface area contributed by atoms with E-state index in [0.717, 1.165) is 70.6 Å². The van der Waals surface area contributed by atoms with Gasteiger partial charge in [0.15, 0.2) is 6.10 Å². The van der Waals surface area contributed by atoms with Crippen LogP contribution < -0.4 is 0 Å². The molecule has 0 aromatic heterocycles. The van der Waals surface area contributed by atoms with Gasteiger partial charge in [-0.05, 0) is 57.8 Å². The number of esters is 2. The molecule has 0 aromatic carbocycles. The Kier molecular flexibility index (Phi) is 39.5. The number of hydrogen-bond acceptors (Lipinski definition) is 7. The number of carbonyl (C=O) groups excluding carboxylic acids is 2. The predicted octanol–water partition coefficient (Wildman–Crippen LogP) is 13.6. The van der Waals surface area contributed by atoms with Crippen LogP contribution in [-0.2, 0) is 32.7 Å². The highest BCUT2D eigenvalue weighted by atomic mass is 31.2. The van der Waals surface area contributed by atoms with Crippen molar-refractivity contribution in [2.45, 2.75) is 193 Å². The average Bonchev–Trinajstić information content (AvgIpc) is 3.19. The van der Waals surface area contributed by atoms with Crippen molar-refractivity contribution in [2.75, 3.05) is 47.5 Å². The highest BCUT2D eigenvalue weighted by molar-refractivity contribution is 7.47. The van der Waals surface area contributed by atoms with Gasteiger partial charge < -0.3 is 18.9 Å². The third-order valence-electron chi connectivity index (χ3n) is 9.81. The zero-order valence-electron chi connectivity index (χ0n) is 38.5. The summed E-state index contributed by atoms with van der Waals surface area (Å²) >= 11 is 0. The molecule has 1 unspecified atom stereocenters. The van der Waals surface area contributed by atoms with E-state index in [1.165, 1.54) is 83.5 Å². The molecule has 9 nitrogen and oxygen atoms in total. The number of phosphoric ester groups is 1. The van der Waals surface area contributed by atoms with Gasteiger partial charge in [-0.3, -0.25) is 18.6 Å². The number of likely N-dealkylation sites (N-methyl/N-ethyl adjacent to an activating group) is 1. The second-order valence-electron chi connectivity index (χ2n) is 16.8. The summed E-state index contributed by atoms with van der Waals surface area (Å²) in [5, 5.41) is 0. The normalized spacial score (nSPS) is 14.1. The Morgan fingerprint density at radius 1 is 0.542 bits per heavy atom. The second-order valence-corrected chi connectivity index (χ2v) is 18.2. The van der Waals surface area contributed by atoms with E-state index in [4.69, 9.17) is 18.5 Å². The molecule has 0 fully saturated rings. The maximum Gasteiger partial charge on any atom is 0.472 e. The van der Waals surface area contributed by atoms with Crippen LogP contribution in [0.25, 0.3) is 0 Å². The van der Waals surface area contributed by atoms with E-state index in [1.54, 1.807) is 0 Å². The standard InChI is InChI=1S/C49H88NO8P/c1-6-8-10-12-14-16-18-20-22-24-25-26-28-30-32-34-36-38-40-42-49(52)58-47(46-57-59(53,54)56-44-43-50(3,4)5)45-55-48(51)41-39-37-35-33-31-29-27-23-21-19-17-15-13-11-9-7-2/h8,10,14,16,20,22,25-26,30,32,47H,6-7,9,11-13,15,17-19,21,23-24,27-29,31,33-46H2,1-5H3/p+1/b10-8+,16-14+,22-20+,26-25+,32-30+/t47-/m1/s1. The molecule has 0 spiro atoms. The molecular weight excluding hydrogens is 762 g/mol. The molecule has 0 radical (unpaired) electrons. The predicted molar refractivity (Wildman–Crippen MR) is 247 cm³/mol. The minimum Gasteiger partial charge on any atom is -0.462 e. The quantitative estimate of drug-likeness (QED) is 0.0213. The Hall–Kier alpha value is -2.29. The zero-order valence-corrected chi connectivity index (χ0v) is 39.4. The van der Waals surface area contributed by atoms with Gasteiger partial charge in [-0.1, -0.05) is 177 Å². The molecule has 0 amide bonds. The minimum atomic E-state index is -4.39. The Morgan fingerprint density at radius 3 is 1.44 bits per heavy atom. The van der Waals surface area contributed by atoms with Crippen LogP contribution in [-0.4, -0.2) is 74.9 Å². The molecule has 0 rings (SSSR count). The third kappa shape index (κ3) is 45.1.